The molecule has 0 saturated carbocycles. The van der Waals surface area contributed by atoms with Gasteiger partial charge in [-0.1, -0.05) is 129 Å². The van der Waals surface area contributed by atoms with Crippen molar-refractivity contribution >= 4 is 11.9 Å². The number of hydrogen-bond donors (Lipinski definition) is 0. The van der Waals surface area contributed by atoms with Gasteiger partial charge < -0.3 is 9.47 Å². The van der Waals surface area contributed by atoms with E-state index in [1.807, 2.05) is 0 Å². The number of unbranched alkanes of at least 4 members (excludes halogenated alkanes) is 18. The molecule has 4 heteroatoms. The van der Waals surface area contributed by atoms with Crippen LogP contribution in [0.1, 0.15) is 156 Å². The highest BCUT2D eigenvalue weighted by atomic mass is 16.6. The Labute approximate surface area is 206 Å². The van der Waals surface area contributed by atoms with Crippen LogP contribution in [0.25, 0.3) is 0 Å². The molecule has 0 aliphatic heterocycles. The van der Waals surface area contributed by atoms with Gasteiger partial charge in [0.05, 0.1) is 13.2 Å². The van der Waals surface area contributed by atoms with E-state index >= 15 is 0 Å². The Bertz CT molecular complexity index is 459. The molecule has 0 rings (SSSR count). The van der Waals surface area contributed by atoms with E-state index in [0.717, 1.165) is 25.7 Å². The predicted molar refractivity (Wildman–Crippen MR) is 139 cm³/mol. The van der Waals surface area contributed by atoms with Gasteiger partial charge in [0.1, 0.15) is 0 Å². The van der Waals surface area contributed by atoms with E-state index < -0.39 is 17.4 Å². The first-order valence-electron chi connectivity index (χ1n) is 14.3. The minimum absolute atomic E-state index is 0.393. The normalized spacial score (nSPS) is 11.5. The zero-order chi connectivity index (χ0) is 24.6. The van der Waals surface area contributed by atoms with Crippen LogP contribution in [0.4, 0.5) is 0 Å². The summed E-state index contributed by atoms with van der Waals surface area (Å²) in [5.41, 5.74) is -1.23. The number of rotatable bonds is 24. The third-order valence-electron chi connectivity index (χ3n) is 6.48. The molecular weight excluding hydrogens is 412 g/mol. The van der Waals surface area contributed by atoms with Crippen molar-refractivity contribution in [3.8, 4) is 0 Å². The molecule has 33 heavy (non-hydrogen) atoms. The van der Waals surface area contributed by atoms with Crippen LogP contribution in [0.5, 0.6) is 0 Å². The van der Waals surface area contributed by atoms with E-state index in [4.69, 9.17) is 9.47 Å². The lowest BCUT2D eigenvalue weighted by atomic mass is 9.94. The highest BCUT2D eigenvalue weighted by molar-refractivity contribution is 5.99. The second kappa shape index (κ2) is 22.7. The summed E-state index contributed by atoms with van der Waals surface area (Å²) in [6.45, 7) is 8.49. The summed E-state index contributed by atoms with van der Waals surface area (Å²) in [5.74, 6) is -0.933. The Balaban J connectivity index is 3.65. The smallest absolute Gasteiger partial charge is 0.322 e. The number of hydrogen-bond acceptors (Lipinski definition) is 4. The van der Waals surface area contributed by atoms with Gasteiger partial charge in [-0.25, -0.2) is 0 Å². The molecular formula is C29H56O4. The van der Waals surface area contributed by atoms with Crippen LogP contribution in [-0.2, 0) is 19.1 Å². The second-order valence-electron chi connectivity index (χ2n) is 10.3. The molecule has 0 saturated heterocycles. The largest absolute Gasteiger partial charge is 0.465 e. The molecule has 0 aromatic heterocycles. The van der Waals surface area contributed by atoms with Crippen molar-refractivity contribution in [1.82, 2.24) is 0 Å². The van der Waals surface area contributed by atoms with E-state index in [9.17, 15) is 9.59 Å². The van der Waals surface area contributed by atoms with Crippen molar-refractivity contribution in [3.05, 3.63) is 0 Å². The van der Waals surface area contributed by atoms with Crippen molar-refractivity contribution in [1.29, 1.82) is 0 Å². The highest BCUT2D eigenvalue weighted by Crippen LogP contribution is 2.21. The van der Waals surface area contributed by atoms with Gasteiger partial charge in [-0.05, 0) is 26.7 Å². The lowest BCUT2D eigenvalue weighted by molar-refractivity contribution is -0.169. The molecule has 0 aliphatic rings. The van der Waals surface area contributed by atoms with Crippen molar-refractivity contribution < 1.29 is 19.1 Å². The van der Waals surface area contributed by atoms with Gasteiger partial charge in [-0.15, -0.1) is 0 Å². The lowest BCUT2D eigenvalue weighted by Gasteiger charge is -2.20. The van der Waals surface area contributed by atoms with Gasteiger partial charge in [0, 0.05) is 0 Å². The molecule has 0 unspecified atom stereocenters. The topological polar surface area (TPSA) is 52.6 Å². The first-order chi connectivity index (χ1) is 16.0. The highest BCUT2D eigenvalue weighted by Gasteiger charge is 2.39. The Morgan fingerprint density at radius 1 is 0.455 bits per heavy atom. The van der Waals surface area contributed by atoms with Gasteiger partial charge in [0.2, 0.25) is 0 Å². The van der Waals surface area contributed by atoms with E-state index in [1.165, 1.54) is 103 Å². The molecule has 0 aromatic rings. The molecule has 196 valence electrons. The van der Waals surface area contributed by atoms with Crippen molar-refractivity contribution in [2.24, 2.45) is 5.41 Å². The van der Waals surface area contributed by atoms with E-state index in [2.05, 4.69) is 13.8 Å². The van der Waals surface area contributed by atoms with Crippen LogP contribution in [0.3, 0.4) is 0 Å². The fourth-order valence-electron chi connectivity index (χ4n) is 3.95. The molecule has 0 bridgehead atoms. The maximum atomic E-state index is 12.3. The summed E-state index contributed by atoms with van der Waals surface area (Å²) >= 11 is 0. The van der Waals surface area contributed by atoms with Crippen molar-refractivity contribution in [2.45, 2.75) is 156 Å². The standard InChI is InChI=1S/C29H56O4/c1-5-7-9-11-13-15-16-18-20-22-24-26-33-28(31)29(3,4)27(30)32-25-23-21-19-17-14-12-10-8-6-2/h5-26H2,1-4H3. The maximum absolute atomic E-state index is 12.3. The quantitative estimate of drug-likeness (QED) is 0.0805. The van der Waals surface area contributed by atoms with Gasteiger partial charge in [-0.3, -0.25) is 9.59 Å². The first kappa shape index (κ1) is 31.9. The average Bonchev–Trinajstić information content (AvgIpc) is 2.80. The average molecular weight is 469 g/mol. The Kier molecular flexibility index (Phi) is 22.0. The van der Waals surface area contributed by atoms with Crippen LogP contribution in [-0.4, -0.2) is 25.2 Å². The van der Waals surface area contributed by atoms with Crippen LogP contribution >= 0.6 is 0 Å². The number of esters is 2. The van der Waals surface area contributed by atoms with Gasteiger partial charge in [0.15, 0.2) is 5.41 Å². The summed E-state index contributed by atoms with van der Waals surface area (Å²) < 4.78 is 10.7. The Morgan fingerprint density at radius 2 is 0.697 bits per heavy atom. The Hall–Kier alpha value is -1.06. The van der Waals surface area contributed by atoms with Crippen LogP contribution < -0.4 is 0 Å². The molecule has 0 atom stereocenters. The maximum Gasteiger partial charge on any atom is 0.322 e. The minimum Gasteiger partial charge on any atom is -0.465 e. The first-order valence-corrected chi connectivity index (χ1v) is 14.3. The predicted octanol–water partition coefficient (Wildman–Crippen LogP) is 8.94. The van der Waals surface area contributed by atoms with Crippen LogP contribution in [0.2, 0.25) is 0 Å². The van der Waals surface area contributed by atoms with Crippen molar-refractivity contribution in [3.63, 3.8) is 0 Å². The Morgan fingerprint density at radius 3 is 0.970 bits per heavy atom. The van der Waals surface area contributed by atoms with E-state index in [-0.39, 0.29) is 0 Å². The molecule has 0 spiro atoms. The molecule has 0 amide bonds. The monoisotopic (exact) mass is 468 g/mol. The molecule has 0 fully saturated rings. The summed E-state index contributed by atoms with van der Waals surface area (Å²) in [4.78, 5) is 24.7. The minimum atomic E-state index is -1.23. The third kappa shape index (κ3) is 19.0. The molecule has 0 radical (unpaired) electrons. The van der Waals surface area contributed by atoms with E-state index in [1.54, 1.807) is 13.8 Å². The van der Waals surface area contributed by atoms with E-state index in [0.29, 0.717) is 13.2 Å². The fraction of sp³-hybridized carbons (Fsp3) is 0.931. The van der Waals surface area contributed by atoms with Gasteiger partial charge in [0.25, 0.3) is 0 Å². The number of carbonyl (C=O) groups is 2. The molecule has 0 N–H and O–H groups in total. The zero-order valence-corrected chi connectivity index (χ0v) is 22.7. The van der Waals surface area contributed by atoms with Gasteiger partial charge >= 0.3 is 11.9 Å². The number of carbonyl (C=O) groups excluding carboxylic acids is 2. The third-order valence-corrected chi connectivity index (χ3v) is 6.48. The molecule has 0 aromatic carbocycles. The molecule has 4 nitrogen and oxygen atoms in total. The van der Waals surface area contributed by atoms with Crippen LogP contribution in [0, 0.1) is 5.41 Å². The lowest BCUT2D eigenvalue weighted by Crippen LogP contribution is -2.37. The summed E-state index contributed by atoms with van der Waals surface area (Å²) in [5, 5.41) is 0. The summed E-state index contributed by atoms with van der Waals surface area (Å²) in [6, 6.07) is 0. The van der Waals surface area contributed by atoms with Crippen molar-refractivity contribution in [2.75, 3.05) is 13.2 Å². The summed E-state index contributed by atoms with van der Waals surface area (Å²) in [6.07, 6.45) is 24.8. The molecule has 0 aliphatic carbocycles. The zero-order valence-electron chi connectivity index (χ0n) is 22.7. The van der Waals surface area contributed by atoms with Crippen LogP contribution in [0.15, 0.2) is 0 Å². The summed E-state index contributed by atoms with van der Waals surface area (Å²) in [7, 11) is 0. The number of ether oxygens (including phenoxy) is 2. The SMILES string of the molecule is CCCCCCCCCCCCCOC(=O)C(C)(C)C(=O)OCCCCCCCCCCC. The molecule has 0 heterocycles. The fourth-order valence-corrected chi connectivity index (χ4v) is 3.95. The second-order valence-corrected chi connectivity index (χ2v) is 10.3. The van der Waals surface area contributed by atoms with Gasteiger partial charge in [-0.2, -0.15) is 0 Å².